The van der Waals surface area contributed by atoms with Crippen molar-refractivity contribution in [2.45, 2.75) is 6.54 Å². The molecule has 0 unspecified atom stereocenters. The molecule has 0 aliphatic carbocycles. The van der Waals surface area contributed by atoms with Crippen molar-refractivity contribution in [3.8, 4) is 11.5 Å². The van der Waals surface area contributed by atoms with Crippen molar-refractivity contribution in [1.82, 2.24) is 14.9 Å². The zero-order chi connectivity index (χ0) is 24.5. The third-order valence-electron chi connectivity index (χ3n) is 5.65. The van der Waals surface area contributed by atoms with E-state index in [2.05, 4.69) is 9.97 Å². The molecule has 5 rings (SSSR count). The number of pyridine rings is 1. The van der Waals surface area contributed by atoms with Crippen LogP contribution in [0.5, 0.6) is 11.5 Å². The molecule has 9 nitrogen and oxygen atoms in total. The van der Waals surface area contributed by atoms with Crippen LogP contribution < -0.4 is 14.4 Å². The molecule has 0 saturated heterocycles. The van der Waals surface area contributed by atoms with Gasteiger partial charge in [0.1, 0.15) is 6.54 Å². The molecule has 0 radical (unpaired) electrons. The Morgan fingerprint density at radius 1 is 1.00 bits per heavy atom. The number of anilines is 1. The molecule has 0 saturated carbocycles. The number of rotatable bonds is 7. The standard InChI is InChI=1S/C25H20N4O5S/c1-33-19-10-18-21(11-20(19)34-2)35-25(27-18)28(13-15-6-5-9-26-12-15)22(30)14-29-23(31)16-7-3-4-8-17(16)24(29)32/h3-12H,13-14H2,1-2H3. The summed E-state index contributed by atoms with van der Waals surface area (Å²) < 4.78 is 11.5. The SMILES string of the molecule is COc1cc2nc(N(Cc3cccnc3)C(=O)CN3C(=O)c4ccccc4C3=O)sc2cc1OC. The fourth-order valence-electron chi connectivity index (χ4n) is 3.90. The lowest BCUT2D eigenvalue weighted by molar-refractivity contribution is -0.119. The van der Waals surface area contributed by atoms with Gasteiger partial charge in [0.05, 0.1) is 42.1 Å². The van der Waals surface area contributed by atoms with E-state index in [4.69, 9.17) is 9.47 Å². The maximum absolute atomic E-state index is 13.5. The van der Waals surface area contributed by atoms with E-state index in [-0.39, 0.29) is 6.54 Å². The molecule has 176 valence electrons. The highest BCUT2D eigenvalue weighted by molar-refractivity contribution is 7.22. The molecule has 3 heterocycles. The number of imide groups is 1. The second-order valence-corrected chi connectivity index (χ2v) is 8.76. The fourth-order valence-corrected chi connectivity index (χ4v) is 4.89. The van der Waals surface area contributed by atoms with E-state index in [9.17, 15) is 14.4 Å². The van der Waals surface area contributed by atoms with Gasteiger partial charge in [0, 0.05) is 24.5 Å². The Kier molecular flexibility index (Phi) is 5.87. The first kappa shape index (κ1) is 22.5. The summed E-state index contributed by atoms with van der Waals surface area (Å²) in [5.74, 6) is -0.348. The monoisotopic (exact) mass is 488 g/mol. The van der Waals surface area contributed by atoms with Gasteiger partial charge in [-0.25, -0.2) is 4.98 Å². The van der Waals surface area contributed by atoms with Crippen molar-refractivity contribution in [2.24, 2.45) is 0 Å². The van der Waals surface area contributed by atoms with Crippen LogP contribution in [-0.4, -0.2) is 53.4 Å². The number of amides is 3. The Morgan fingerprint density at radius 3 is 2.31 bits per heavy atom. The Hall–Kier alpha value is -4.31. The van der Waals surface area contributed by atoms with Gasteiger partial charge in [-0.1, -0.05) is 29.5 Å². The number of benzene rings is 2. The van der Waals surface area contributed by atoms with Crippen LogP contribution in [0.4, 0.5) is 5.13 Å². The lowest BCUT2D eigenvalue weighted by Gasteiger charge is -2.22. The highest BCUT2D eigenvalue weighted by atomic mass is 32.1. The van der Waals surface area contributed by atoms with E-state index in [0.29, 0.717) is 33.3 Å². The molecule has 1 aliphatic rings. The number of aromatic nitrogens is 2. The Labute approximate surface area is 204 Å². The lowest BCUT2D eigenvalue weighted by atomic mass is 10.1. The second kappa shape index (κ2) is 9.15. The topological polar surface area (TPSA) is 102 Å². The number of carbonyl (C=O) groups excluding carboxylic acids is 3. The summed E-state index contributed by atoms with van der Waals surface area (Å²) in [5.41, 5.74) is 2.00. The number of thiazole rings is 1. The van der Waals surface area contributed by atoms with Crippen molar-refractivity contribution in [3.05, 3.63) is 77.6 Å². The quantitative estimate of drug-likeness (QED) is 0.367. The minimum absolute atomic E-state index is 0.171. The predicted molar refractivity (Wildman–Crippen MR) is 130 cm³/mol. The first-order chi connectivity index (χ1) is 17.0. The van der Waals surface area contributed by atoms with Gasteiger partial charge >= 0.3 is 0 Å². The molecule has 4 aromatic rings. The normalized spacial score (nSPS) is 12.7. The van der Waals surface area contributed by atoms with E-state index >= 15 is 0 Å². The van der Waals surface area contributed by atoms with Crippen LogP contribution in [0.3, 0.4) is 0 Å². The minimum Gasteiger partial charge on any atom is -0.493 e. The van der Waals surface area contributed by atoms with Crippen LogP contribution >= 0.6 is 11.3 Å². The van der Waals surface area contributed by atoms with Crippen LogP contribution in [0.1, 0.15) is 26.3 Å². The molecular formula is C25H20N4O5S. The summed E-state index contributed by atoms with van der Waals surface area (Å²) in [7, 11) is 3.09. The molecule has 10 heteroatoms. The maximum Gasteiger partial charge on any atom is 0.262 e. The van der Waals surface area contributed by atoms with Crippen molar-refractivity contribution < 1.29 is 23.9 Å². The predicted octanol–water partition coefficient (Wildman–Crippen LogP) is 3.54. The molecule has 0 fully saturated rings. The van der Waals surface area contributed by atoms with Crippen LogP contribution in [0.25, 0.3) is 10.2 Å². The Balaban J connectivity index is 1.50. The smallest absolute Gasteiger partial charge is 0.262 e. The average Bonchev–Trinajstić information content (AvgIpc) is 3.41. The van der Waals surface area contributed by atoms with Gasteiger partial charge < -0.3 is 9.47 Å². The summed E-state index contributed by atoms with van der Waals surface area (Å²) in [6.45, 7) is -0.237. The summed E-state index contributed by atoms with van der Waals surface area (Å²) >= 11 is 1.30. The van der Waals surface area contributed by atoms with Gasteiger partial charge in [-0.15, -0.1) is 0 Å². The first-order valence-electron chi connectivity index (χ1n) is 10.7. The lowest BCUT2D eigenvalue weighted by Crippen LogP contribution is -2.42. The third-order valence-corrected chi connectivity index (χ3v) is 6.69. The van der Waals surface area contributed by atoms with Crippen LogP contribution in [0.2, 0.25) is 0 Å². The molecule has 0 spiro atoms. The van der Waals surface area contributed by atoms with Crippen molar-refractivity contribution in [1.29, 1.82) is 0 Å². The van der Waals surface area contributed by atoms with E-state index in [0.717, 1.165) is 15.2 Å². The summed E-state index contributed by atoms with van der Waals surface area (Å²) in [4.78, 5) is 50.4. The zero-order valence-electron chi connectivity index (χ0n) is 18.9. The third kappa shape index (κ3) is 4.08. The van der Waals surface area contributed by atoms with E-state index < -0.39 is 24.3 Å². The highest BCUT2D eigenvalue weighted by Crippen LogP contribution is 2.37. The Morgan fingerprint density at radius 2 is 1.69 bits per heavy atom. The van der Waals surface area contributed by atoms with E-state index in [1.54, 1.807) is 62.0 Å². The van der Waals surface area contributed by atoms with Gasteiger partial charge in [0.2, 0.25) is 5.91 Å². The van der Waals surface area contributed by atoms with Crippen molar-refractivity contribution in [2.75, 3.05) is 25.7 Å². The molecule has 2 aromatic carbocycles. The van der Waals surface area contributed by atoms with Crippen molar-refractivity contribution >= 4 is 44.4 Å². The molecule has 0 atom stereocenters. The summed E-state index contributed by atoms with van der Waals surface area (Å²) in [5, 5.41) is 0.417. The average molecular weight is 489 g/mol. The summed E-state index contributed by atoms with van der Waals surface area (Å²) in [6, 6.07) is 13.7. The molecule has 35 heavy (non-hydrogen) atoms. The number of hydrogen-bond donors (Lipinski definition) is 0. The number of carbonyl (C=O) groups is 3. The molecule has 2 aromatic heterocycles. The van der Waals surface area contributed by atoms with Gasteiger partial charge in [-0.05, 0) is 23.8 Å². The number of nitrogens with zero attached hydrogens (tertiary/aromatic N) is 4. The molecule has 1 aliphatic heterocycles. The van der Waals surface area contributed by atoms with Crippen LogP contribution in [0.15, 0.2) is 60.9 Å². The molecular weight excluding hydrogens is 468 g/mol. The van der Waals surface area contributed by atoms with Gasteiger partial charge in [0.15, 0.2) is 16.6 Å². The largest absolute Gasteiger partial charge is 0.493 e. The summed E-state index contributed by atoms with van der Waals surface area (Å²) in [6.07, 6.45) is 3.30. The first-order valence-corrected chi connectivity index (χ1v) is 11.5. The van der Waals surface area contributed by atoms with Crippen LogP contribution in [-0.2, 0) is 11.3 Å². The second-order valence-electron chi connectivity index (χ2n) is 7.75. The number of methoxy groups -OCH3 is 2. The maximum atomic E-state index is 13.5. The van der Waals surface area contributed by atoms with Crippen LogP contribution in [0, 0.1) is 0 Å². The van der Waals surface area contributed by atoms with Gasteiger partial charge in [0.25, 0.3) is 11.8 Å². The number of hydrogen-bond acceptors (Lipinski definition) is 8. The minimum atomic E-state index is -0.487. The highest BCUT2D eigenvalue weighted by Gasteiger charge is 2.37. The van der Waals surface area contributed by atoms with Gasteiger partial charge in [-0.2, -0.15) is 0 Å². The molecule has 3 amide bonds. The molecule has 0 bridgehead atoms. The zero-order valence-corrected chi connectivity index (χ0v) is 19.7. The number of ether oxygens (including phenoxy) is 2. The Bertz CT molecular complexity index is 1380. The van der Waals surface area contributed by atoms with Gasteiger partial charge in [-0.3, -0.25) is 29.2 Å². The fraction of sp³-hybridized carbons (Fsp3) is 0.160. The van der Waals surface area contributed by atoms with E-state index in [1.807, 2.05) is 6.07 Å². The van der Waals surface area contributed by atoms with Crippen molar-refractivity contribution in [3.63, 3.8) is 0 Å². The number of fused-ring (bicyclic) bond motifs is 2. The van der Waals surface area contributed by atoms with E-state index in [1.165, 1.54) is 23.3 Å². The molecule has 0 N–H and O–H groups in total.